The van der Waals surface area contributed by atoms with Crippen LogP contribution < -0.4 is 0 Å². The highest BCUT2D eigenvalue weighted by atomic mass is 79.9. The predicted molar refractivity (Wildman–Crippen MR) is 83.2 cm³/mol. The molecule has 3 aromatic rings. The molecule has 106 valence electrons. The Morgan fingerprint density at radius 1 is 1.05 bits per heavy atom. The van der Waals surface area contributed by atoms with Gasteiger partial charge in [-0.05, 0) is 34.1 Å². The molecule has 1 aromatic heterocycles. The van der Waals surface area contributed by atoms with Crippen molar-refractivity contribution >= 4 is 38.6 Å². The molecule has 0 aliphatic rings. The van der Waals surface area contributed by atoms with Crippen molar-refractivity contribution < 1.29 is 8.78 Å². The summed E-state index contributed by atoms with van der Waals surface area (Å²) in [7, 11) is 0. The number of hydrogen-bond acceptors (Lipinski definition) is 3. The first kappa shape index (κ1) is 14.4. The van der Waals surface area contributed by atoms with Gasteiger partial charge in [-0.25, -0.2) is 18.7 Å². The third-order valence-corrected chi connectivity index (χ3v) is 4.64. The van der Waals surface area contributed by atoms with E-state index in [1.807, 2.05) is 24.3 Å². The fraction of sp³-hybridized carbons (Fsp3) is 0.0667. The minimum atomic E-state index is -0.569. The summed E-state index contributed by atoms with van der Waals surface area (Å²) >= 11 is 4.36. The van der Waals surface area contributed by atoms with E-state index in [2.05, 4.69) is 25.9 Å². The molecule has 21 heavy (non-hydrogen) atoms. The molecule has 0 fully saturated rings. The van der Waals surface area contributed by atoms with Crippen LogP contribution in [0.1, 0.15) is 5.56 Å². The van der Waals surface area contributed by atoms with E-state index in [1.165, 1.54) is 30.2 Å². The molecule has 2 aromatic carbocycles. The second-order valence-corrected chi connectivity index (χ2v) is 6.12. The van der Waals surface area contributed by atoms with Gasteiger partial charge in [-0.3, -0.25) is 0 Å². The van der Waals surface area contributed by atoms with Crippen LogP contribution in [0.25, 0.3) is 10.9 Å². The van der Waals surface area contributed by atoms with Crippen LogP contribution in [0.5, 0.6) is 0 Å². The number of nitrogens with zero attached hydrogens (tertiary/aromatic N) is 2. The smallest absolute Gasteiger partial charge is 0.144 e. The molecule has 3 rings (SSSR count). The molecular formula is C15H9BrF2N2S. The summed E-state index contributed by atoms with van der Waals surface area (Å²) in [6, 6.07) is 10.2. The fourth-order valence-electron chi connectivity index (χ4n) is 1.94. The molecule has 0 spiro atoms. The quantitative estimate of drug-likeness (QED) is 0.372. The summed E-state index contributed by atoms with van der Waals surface area (Å²) in [6.45, 7) is 0. The van der Waals surface area contributed by atoms with Gasteiger partial charge < -0.3 is 0 Å². The lowest BCUT2D eigenvalue weighted by molar-refractivity contribution is 0.562. The maximum absolute atomic E-state index is 13.9. The van der Waals surface area contributed by atoms with Crippen LogP contribution in [-0.4, -0.2) is 9.97 Å². The molecule has 0 bridgehead atoms. The van der Waals surface area contributed by atoms with Gasteiger partial charge in [0.2, 0.25) is 0 Å². The van der Waals surface area contributed by atoms with E-state index >= 15 is 0 Å². The molecule has 0 saturated heterocycles. The molecular weight excluding hydrogens is 358 g/mol. The van der Waals surface area contributed by atoms with E-state index in [0.29, 0.717) is 5.03 Å². The number of rotatable bonds is 3. The van der Waals surface area contributed by atoms with E-state index in [4.69, 9.17) is 0 Å². The number of benzene rings is 2. The first-order valence-corrected chi connectivity index (χ1v) is 7.89. The van der Waals surface area contributed by atoms with Gasteiger partial charge >= 0.3 is 0 Å². The zero-order chi connectivity index (χ0) is 14.8. The van der Waals surface area contributed by atoms with Crippen molar-refractivity contribution in [2.24, 2.45) is 0 Å². The highest BCUT2D eigenvalue weighted by Crippen LogP contribution is 2.30. The molecule has 0 aliphatic carbocycles. The van der Waals surface area contributed by atoms with Crippen LogP contribution in [-0.2, 0) is 5.75 Å². The van der Waals surface area contributed by atoms with Gasteiger partial charge in [-0.15, -0.1) is 11.8 Å². The standard InChI is InChI=1S/C15H9BrF2N2S/c16-11-5-6-12(17)10(14(11)18)7-21-15-9-3-1-2-4-13(9)19-8-20-15/h1-6,8H,7H2. The number of para-hydroxylation sites is 1. The van der Waals surface area contributed by atoms with E-state index in [0.717, 1.165) is 10.9 Å². The zero-order valence-corrected chi connectivity index (χ0v) is 13.1. The minimum Gasteiger partial charge on any atom is -0.236 e. The van der Waals surface area contributed by atoms with Crippen molar-refractivity contribution in [3.05, 3.63) is 64.4 Å². The molecule has 2 nitrogen and oxygen atoms in total. The Bertz CT molecular complexity index is 806. The lowest BCUT2D eigenvalue weighted by Crippen LogP contribution is -1.95. The molecule has 0 atom stereocenters. The normalized spacial score (nSPS) is 11.0. The van der Waals surface area contributed by atoms with E-state index in [1.54, 1.807) is 0 Å². The molecule has 0 saturated carbocycles. The third kappa shape index (κ3) is 2.91. The van der Waals surface area contributed by atoms with Crippen molar-refractivity contribution in [2.45, 2.75) is 10.8 Å². The van der Waals surface area contributed by atoms with Crippen LogP contribution in [0.4, 0.5) is 8.78 Å². The molecule has 0 unspecified atom stereocenters. The maximum atomic E-state index is 13.9. The molecule has 0 N–H and O–H groups in total. The number of hydrogen-bond donors (Lipinski definition) is 0. The highest BCUT2D eigenvalue weighted by molar-refractivity contribution is 9.10. The summed E-state index contributed by atoms with van der Waals surface area (Å²) in [5, 5.41) is 1.58. The number of thioether (sulfide) groups is 1. The van der Waals surface area contributed by atoms with Crippen molar-refractivity contribution in [3.8, 4) is 0 Å². The monoisotopic (exact) mass is 366 g/mol. The van der Waals surface area contributed by atoms with Crippen molar-refractivity contribution in [2.75, 3.05) is 0 Å². The second kappa shape index (κ2) is 6.07. The summed E-state index contributed by atoms with van der Waals surface area (Å²) in [4.78, 5) is 8.36. The maximum Gasteiger partial charge on any atom is 0.144 e. The van der Waals surface area contributed by atoms with Crippen LogP contribution in [0, 0.1) is 11.6 Å². The highest BCUT2D eigenvalue weighted by Gasteiger charge is 2.13. The van der Waals surface area contributed by atoms with Crippen LogP contribution >= 0.6 is 27.7 Å². The fourth-order valence-corrected chi connectivity index (χ4v) is 3.30. The lowest BCUT2D eigenvalue weighted by Gasteiger charge is -2.07. The van der Waals surface area contributed by atoms with Gasteiger partial charge in [0.25, 0.3) is 0 Å². The van der Waals surface area contributed by atoms with Gasteiger partial charge in [0.1, 0.15) is 23.0 Å². The SMILES string of the molecule is Fc1ccc(Br)c(F)c1CSc1ncnc2ccccc12. The van der Waals surface area contributed by atoms with E-state index < -0.39 is 11.6 Å². The Kier molecular flexibility index (Phi) is 4.17. The molecule has 0 amide bonds. The van der Waals surface area contributed by atoms with Crippen LogP contribution in [0.15, 0.2) is 52.2 Å². The summed E-state index contributed by atoms with van der Waals surface area (Å²) in [5.74, 6) is -0.958. The third-order valence-electron chi connectivity index (χ3n) is 3.00. The Morgan fingerprint density at radius 2 is 1.86 bits per heavy atom. The second-order valence-electron chi connectivity index (χ2n) is 4.31. The predicted octanol–water partition coefficient (Wildman–Crippen LogP) is 4.96. The van der Waals surface area contributed by atoms with E-state index in [-0.39, 0.29) is 15.8 Å². The minimum absolute atomic E-state index is 0.0390. The summed E-state index contributed by atoms with van der Waals surface area (Å²) in [5.41, 5.74) is 0.849. The molecule has 0 radical (unpaired) electrons. The summed E-state index contributed by atoms with van der Waals surface area (Å²) in [6.07, 6.45) is 1.46. The number of fused-ring (bicyclic) bond motifs is 1. The Hall–Kier alpha value is -1.53. The molecule has 1 heterocycles. The Morgan fingerprint density at radius 3 is 2.71 bits per heavy atom. The van der Waals surface area contributed by atoms with Gasteiger partial charge in [0.15, 0.2) is 0 Å². The van der Waals surface area contributed by atoms with Crippen LogP contribution in [0.2, 0.25) is 0 Å². The van der Waals surface area contributed by atoms with Crippen molar-refractivity contribution in [3.63, 3.8) is 0 Å². The van der Waals surface area contributed by atoms with Gasteiger partial charge in [-0.2, -0.15) is 0 Å². The first-order chi connectivity index (χ1) is 10.2. The number of aromatic nitrogens is 2. The van der Waals surface area contributed by atoms with Crippen molar-refractivity contribution in [1.29, 1.82) is 0 Å². The van der Waals surface area contributed by atoms with Gasteiger partial charge in [0.05, 0.1) is 9.99 Å². The largest absolute Gasteiger partial charge is 0.236 e. The zero-order valence-electron chi connectivity index (χ0n) is 10.7. The van der Waals surface area contributed by atoms with Gasteiger partial charge in [-0.1, -0.05) is 18.2 Å². The molecule has 0 aliphatic heterocycles. The van der Waals surface area contributed by atoms with Gasteiger partial charge in [0, 0.05) is 16.7 Å². The topological polar surface area (TPSA) is 25.8 Å². The first-order valence-electron chi connectivity index (χ1n) is 6.11. The average molecular weight is 367 g/mol. The Labute approximate surface area is 132 Å². The van der Waals surface area contributed by atoms with E-state index in [9.17, 15) is 8.78 Å². The molecule has 6 heteroatoms. The number of halogens is 3. The lowest BCUT2D eigenvalue weighted by atomic mass is 10.2. The summed E-state index contributed by atoms with van der Waals surface area (Å²) < 4.78 is 27.9. The van der Waals surface area contributed by atoms with Crippen molar-refractivity contribution in [1.82, 2.24) is 9.97 Å². The van der Waals surface area contributed by atoms with Crippen LogP contribution in [0.3, 0.4) is 0 Å². The Balaban J connectivity index is 1.93. The average Bonchev–Trinajstić information content (AvgIpc) is 2.51.